The van der Waals surface area contributed by atoms with E-state index in [-0.39, 0.29) is 16.8 Å². The van der Waals surface area contributed by atoms with Crippen molar-refractivity contribution in [3.05, 3.63) is 83.3 Å². The molecule has 0 radical (unpaired) electrons. The number of aromatic nitrogens is 2. The van der Waals surface area contributed by atoms with Crippen molar-refractivity contribution >= 4 is 28.9 Å². The average Bonchev–Trinajstić information content (AvgIpc) is 3.34. The fourth-order valence-corrected chi connectivity index (χ4v) is 3.38. The van der Waals surface area contributed by atoms with Crippen LogP contribution in [-0.2, 0) is 9.47 Å². The number of rotatable bonds is 4. The summed E-state index contributed by atoms with van der Waals surface area (Å²) in [4.78, 5) is 38.6. The molecule has 0 aliphatic rings. The van der Waals surface area contributed by atoms with Crippen LogP contribution in [0.15, 0.2) is 60.9 Å². The molecule has 1 aromatic carbocycles. The highest BCUT2D eigenvalue weighted by Crippen LogP contribution is 2.29. The van der Waals surface area contributed by atoms with E-state index in [9.17, 15) is 14.4 Å². The minimum atomic E-state index is -0.788. The van der Waals surface area contributed by atoms with Crippen molar-refractivity contribution in [3.63, 3.8) is 0 Å². The lowest BCUT2D eigenvalue weighted by Gasteiger charge is -2.06. The summed E-state index contributed by atoms with van der Waals surface area (Å²) in [5, 5.41) is 0. The van der Waals surface area contributed by atoms with Gasteiger partial charge in [-0.1, -0.05) is 30.3 Å². The first-order valence-corrected chi connectivity index (χ1v) is 8.49. The normalized spacial score (nSPS) is 10.9. The van der Waals surface area contributed by atoms with Crippen molar-refractivity contribution in [1.82, 2.24) is 8.80 Å². The fraction of sp³-hybridized carbons (Fsp3) is 0.0952. The van der Waals surface area contributed by atoms with Crippen LogP contribution in [0.25, 0.3) is 11.2 Å². The van der Waals surface area contributed by atoms with Crippen LogP contribution in [0.4, 0.5) is 0 Å². The number of methoxy groups -OCH3 is 2. The van der Waals surface area contributed by atoms with Crippen LogP contribution in [0, 0.1) is 0 Å². The highest BCUT2D eigenvalue weighted by atomic mass is 16.5. The van der Waals surface area contributed by atoms with E-state index >= 15 is 0 Å². The zero-order chi connectivity index (χ0) is 19.8. The zero-order valence-corrected chi connectivity index (χ0v) is 15.2. The van der Waals surface area contributed by atoms with Crippen molar-refractivity contribution in [2.75, 3.05) is 14.2 Å². The number of carbonyl (C=O) groups excluding carboxylic acids is 3. The van der Waals surface area contributed by atoms with Gasteiger partial charge >= 0.3 is 11.9 Å². The van der Waals surface area contributed by atoms with E-state index < -0.39 is 17.7 Å². The van der Waals surface area contributed by atoms with Gasteiger partial charge in [0.1, 0.15) is 22.5 Å². The lowest BCUT2D eigenvalue weighted by Crippen LogP contribution is -2.15. The van der Waals surface area contributed by atoms with Crippen molar-refractivity contribution < 1.29 is 23.9 Å². The molecule has 0 bridgehead atoms. The number of hydrogen-bond donors (Lipinski definition) is 0. The molecule has 4 rings (SSSR count). The topological polar surface area (TPSA) is 78.5 Å². The number of carbonyl (C=O) groups is 3. The third-order valence-corrected chi connectivity index (χ3v) is 4.61. The Kier molecular flexibility index (Phi) is 4.19. The van der Waals surface area contributed by atoms with Gasteiger partial charge < -0.3 is 13.9 Å². The predicted octanol–water partition coefficient (Wildman–Crippen LogP) is 3.00. The monoisotopic (exact) mass is 376 g/mol. The van der Waals surface area contributed by atoms with Gasteiger partial charge in [0.25, 0.3) is 0 Å². The van der Waals surface area contributed by atoms with Gasteiger partial charge in [-0.3, -0.25) is 9.20 Å². The van der Waals surface area contributed by atoms with Gasteiger partial charge in [0, 0.05) is 23.5 Å². The van der Waals surface area contributed by atoms with E-state index in [1.165, 1.54) is 18.6 Å². The predicted molar refractivity (Wildman–Crippen MR) is 101 cm³/mol. The minimum Gasteiger partial charge on any atom is -0.465 e. The maximum Gasteiger partial charge on any atom is 0.342 e. The van der Waals surface area contributed by atoms with Crippen molar-refractivity contribution in [2.45, 2.75) is 0 Å². The molecule has 0 amide bonds. The molecule has 0 saturated carbocycles. The van der Waals surface area contributed by atoms with Crippen LogP contribution in [0.2, 0.25) is 0 Å². The van der Waals surface area contributed by atoms with Crippen LogP contribution in [-0.4, -0.2) is 40.7 Å². The molecule has 0 fully saturated rings. The van der Waals surface area contributed by atoms with Gasteiger partial charge in [-0.25, -0.2) is 9.59 Å². The number of hydrogen-bond acceptors (Lipinski definition) is 5. The summed E-state index contributed by atoms with van der Waals surface area (Å²) >= 11 is 0. The number of ether oxygens (including phenoxy) is 2. The number of nitrogens with zero attached hydrogens (tertiary/aromatic N) is 2. The second kappa shape index (κ2) is 6.70. The number of fused-ring (bicyclic) bond motifs is 3. The highest BCUT2D eigenvalue weighted by Gasteiger charge is 2.34. The Hall–Kier alpha value is -3.87. The lowest BCUT2D eigenvalue weighted by molar-refractivity contribution is 0.0556. The molecule has 4 aromatic rings. The number of ketones is 1. The lowest BCUT2D eigenvalue weighted by atomic mass is 10.0. The maximum atomic E-state index is 13.3. The molecule has 0 N–H and O–H groups in total. The Morgan fingerprint density at radius 3 is 2.11 bits per heavy atom. The van der Waals surface area contributed by atoms with E-state index in [1.54, 1.807) is 59.3 Å². The van der Waals surface area contributed by atoms with Crippen LogP contribution < -0.4 is 0 Å². The molecule has 0 atom stereocenters. The van der Waals surface area contributed by atoms with Crippen LogP contribution in [0.3, 0.4) is 0 Å². The van der Waals surface area contributed by atoms with Crippen molar-refractivity contribution in [3.8, 4) is 0 Å². The van der Waals surface area contributed by atoms with Gasteiger partial charge in [-0.15, -0.1) is 0 Å². The van der Waals surface area contributed by atoms with Gasteiger partial charge in [-0.05, 0) is 18.2 Å². The van der Waals surface area contributed by atoms with E-state index in [4.69, 9.17) is 9.47 Å². The molecule has 0 spiro atoms. The average molecular weight is 376 g/mol. The molecule has 7 heteroatoms. The second-order valence-electron chi connectivity index (χ2n) is 6.09. The van der Waals surface area contributed by atoms with Gasteiger partial charge in [-0.2, -0.15) is 0 Å². The molecule has 0 unspecified atom stereocenters. The second-order valence-corrected chi connectivity index (χ2v) is 6.09. The van der Waals surface area contributed by atoms with E-state index in [0.29, 0.717) is 11.2 Å². The van der Waals surface area contributed by atoms with Crippen LogP contribution in [0.5, 0.6) is 0 Å². The number of benzene rings is 1. The maximum absolute atomic E-state index is 13.3. The van der Waals surface area contributed by atoms with Gasteiger partial charge in [0.05, 0.1) is 14.2 Å². The first-order valence-electron chi connectivity index (χ1n) is 8.49. The molecule has 7 nitrogen and oxygen atoms in total. The summed E-state index contributed by atoms with van der Waals surface area (Å²) in [5.74, 6) is -1.92. The van der Waals surface area contributed by atoms with E-state index in [2.05, 4.69) is 0 Å². The highest BCUT2D eigenvalue weighted by molar-refractivity contribution is 6.19. The van der Waals surface area contributed by atoms with E-state index in [0.717, 1.165) is 5.52 Å². The summed E-state index contributed by atoms with van der Waals surface area (Å²) < 4.78 is 13.1. The molecule has 0 aliphatic heterocycles. The zero-order valence-electron chi connectivity index (χ0n) is 15.2. The molecule has 140 valence electrons. The molecule has 0 aliphatic carbocycles. The first kappa shape index (κ1) is 17.5. The van der Waals surface area contributed by atoms with Crippen molar-refractivity contribution in [1.29, 1.82) is 0 Å². The Bertz CT molecular complexity index is 1230. The number of esters is 2. The Balaban J connectivity index is 2.18. The quantitative estimate of drug-likeness (QED) is 0.404. The smallest absolute Gasteiger partial charge is 0.342 e. The molecular formula is C21H16N2O5. The first-order chi connectivity index (χ1) is 13.6. The Morgan fingerprint density at radius 1 is 0.750 bits per heavy atom. The summed E-state index contributed by atoms with van der Waals surface area (Å²) in [6, 6.07) is 14.0. The molecule has 3 aromatic heterocycles. The van der Waals surface area contributed by atoms with Gasteiger partial charge in [0.15, 0.2) is 0 Å². The largest absolute Gasteiger partial charge is 0.465 e. The molecule has 0 saturated heterocycles. The van der Waals surface area contributed by atoms with Crippen LogP contribution >= 0.6 is 0 Å². The summed E-state index contributed by atoms with van der Waals surface area (Å²) in [5.41, 5.74) is 1.44. The van der Waals surface area contributed by atoms with Crippen LogP contribution in [0.1, 0.15) is 36.8 Å². The van der Waals surface area contributed by atoms with Crippen molar-refractivity contribution in [2.24, 2.45) is 0 Å². The molecular weight excluding hydrogens is 360 g/mol. The molecule has 28 heavy (non-hydrogen) atoms. The SMILES string of the molecule is COC(=O)c1c(C(=O)OC)c2n(ccc3cccn32)c1C(=O)c1ccccc1. The summed E-state index contributed by atoms with van der Waals surface area (Å²) in [6.45, 7) is 0. The summed E-state index contributed by atoms with van der Waals surface area (Å²) in [6.07, 6.45) is 3.40. The molecule has 3 heterocycles. The standard InChI is InChI=1S/C21H16N2O5/c1-27-20(25)15-16(21(26)28-2)19-22-11-6-9-14(22)10-12-23(19)17(15)18(24)13-7-4-3-5-8-13/h3-12H,1-2H3. The van der Waals surface area contributed by atoms with Gasteiger partial charge in [0.2, 0.25) is 5.78 Å². The third-order valence-electron chi connectivity index (χ3n) is 4.61. The Morgan fingerprint density at radius 2 is 1.43 bits per heavy atom. The Labute approximate surface area is 159 Å². The third kappa shape index (κ3) is 2.48. The van der Waals surface area contributed by atoms with E-state index in [1.807, 2.05) is 6.07 Å². The fourth-order valence-electron chi connectivity index (χ4n) is 3.38. The minimum absolute atomic E-state index is 0.0181. The summed E-state index contributed by atoms with van der Waals surface area (Å²) in [7, 11) is 2.43.